The van der Waals surface area contributed by atoms with Gasteiger partial charge in [0.05, 0.1) is 5.69 Å². The molecule has 0 fully saturated rings. The maximum Gasteiger partial charge on any atom is 0.163 e. The van der Waals surface area contributed by atoms with Gasteiger partial charge in [-0.15, -0.1) is 0 Å². The summed E-state index contributed by atoms with van der Waals surface area (Å²) in [5.74, 6) is 2.44. The minimum atomic E-state index is 0.578. The van der Waals surface area contributed by atoms with Crippen LogP contribution in [-0.2, 0) is 6.54 Å². The van der Waals surface area contributed by atoms with Crippen molar-refractivity contribution in [3.05, 3.63) is 77.2 Å². The highest BCUT2D eigenvalue weighted by Gasteiger charge is 2.17. The Hall–Kier alpha value is -3.21. The lowest BCUT2D eigenvalue weighted by Gasteiger charge is -2.26. The van der Waals surface area contributed by atoms with Crippen LogP contribution in [0.15, 0.2) is 59.1 Å². The third-order valence-corrected chi connectivity index (χ3v) is 4.86. The zero-order valence-electron chi connectivity index (χ0n) is 16.2. The smallest absolute Gasteiger partial charge is 0.163 e. The molecule has 0 unspecified atom stereocenters. The molecule has 2 aromatic carbocycles. The van der Waals surface area contributed by atoms with Crippen molar-refractivity contribution in [3.63, 3.8) is 0 Å². The lowest BCUT2D eigenvalue weighted by atomic mass is 10.1. The van der Waals surface area contributed by atoms with E-state index in [1.807, 2.05) is 44.2 Å². The molecule has 5 nitrogen and oxygen atoms in total. The molecule has 0 saturated carbocycles. The maximum absolute atomic E-state index is 5.77. The number of benzene rings is 2. The fraction of sp³-hybridized carbons (Fsp3) is 0.261. The van der Waals surface area contributed by atoms with E-state index >= 15 is 0 Å². The molecule has 0 bridgehead atoms. The van der Waals surface area contributed by atoms with E-state index in [2.05, 4.69) is 40.4 Å². The summed E-state index contributed by atoms with van der Waals surface area (Å²) in [6, 6.07) is 16.4. The number of nitrogens with zero attached hydrogens (tertiary/aromatic N) is 2. The van der Waals surface area contributed by atoms with Crippen molar-refractivity contribution >= 4 is 11.8 Å². The summed E-state index contributed by atoms with van der Waals surface area (Å²) < 4.78 is 16.8. The van der Waals surface area contributed by atoms with E-state index in [-0.39, 0.29) is 0 Å². The third-order valence-electron chi connectivity index (χ3n) is 4.86. The summed E-state index contributed by atoms with van der Waals surface area (Å²) in [4.78, 5) is 2.28. The van der Waals surface area contributed by atoms with Gasteiger partial charge in [0.1, 0.15) is 19.0 Å². The predicted octanol–water partition coefficient (Wildman–Crippen LogP) is 4.78. The fourth-order valence-corrected chi connectivity index (χ4v) is 3.29. The monoisotopic (exact) mass is 376 g/mol. The van der Waals surface area contributed by atoms with Gasteiger partial charge in [-0.25, -0.2) is 0 Å². The number of anilines is 1. The largest absolute Gasteiger partial charge is 0.486 e. The van der Waals surface area contributed by atoms with Crippen molar-refractivity contribution in [1.29, 1.82) is 0 Å². The Balaban J connectivity index is 1.60. The molecule has 4 rings (SSSR count). The van der Waals surface area contributed by atoms with Crippen molar-refractivity contribution in [1.82, 2.24) is 5.16 Å². The summed E-state index contributed by atoms with van der Waals surface area (Å²) in [5, 5.41) is 4.10. The molecule has 144 valence electrons. The molecule has 28 heavy (non-hydrogen) atoms. The number of hydrogen-bond acceptors (Lipinski definition) is 5. The first-order valence-corrected chi connectivity index (χ1v) is 9.48. The van der Waals surface area contributed by atoms with Crippen molar-refractivity contribution < 1.29 is 14.0 Å². The van der Waals surface area contributed by atoms with E-state index in [4.69, 9.17) is 14.0 Å². The Morgan fingerprint density at radius 2 is 1.79 bits per heavy atom. The number of ether oxygens (including phenoxy) is 2. The van der Waals surface area contributed by atoms with Crippen LogP contribution in [0.1, 0.15) is 22.6 Å². The molecule has 0 radical (unpaired) electrons. The summed E-state index contributed by atoms with van der Waals surface area (Å²) in [6.45, 7) is 6.56. The van der Waals surface area contributed by atoms with Crippen molar-refractivity contribution in [2.75, 3.05) is 24.7 Å². The average molecular weight is 376 g/mol. The predicted molar refractivity (Wildman–Crippen MR) is 110 cm³/mol. The first-order valence-electron chi connectivity index (χ1n) is 9.48. The molecule has 1 aliphatic rings. The van der Waals surface area contributed by atoms with Crippen molar-refractivity contribution in [2.45, 2.75) is 20.4 Å². The van der Waals surface area contributed by atoms with Crippen LogP contribution in [0, 0.1) is 13.8 Å². The molecule has 0 aliphatic carbocycles. The molecule has 0 amide bonds. The van der Waals surface area contributed by atoms with E-state index in [1.54, 1.807) is 0 Å². The summed E-state index contributed by atoms with van der Waals surface area (Å²) in [7, 11) is 0. The van der Waals surface area contributed by atoms with E-state index in [1.165, 1.54) is 5.56 Å². The summed E-state index contributed by atoms with van der Waals surface area (Å²) in [6.07, 6.45) is 4.31. The molecule has 1 aromatic heterocycles. The molecule has 1 aliphatic heterocycles. The van der Waals surface area contributed by atoms with Gasteiger partial charge in [0.15, 0.2) is 11.5 Å². The van der Waals surface area contributed by atoms with E-state index in [0.717, 1.165) is 40.7 Å². The van der Waals surface area contributed by atoms with Crippen LogP contribution in [0.3, 0.4) is 0 Å². The van der Waals surface area contributed by atoms with Gasteiger partial charge in [-0.05, 0) is 31.5 Å². The van der Waals surface area contributed by atoms with Crippen LogP contribution < -0.4 is 14.4 Å². The van der Waals surface area contributed by atoms with Crippen molar-refractivity contribution in [2.24, 2.45) is 0 Å². The van der Waals surface area contributed by atoms with Gasteiger partial charge in [0, 0.05) is 30.4 Å². The molecule has 5 heteroatoms. The van der Waals surface area contributed by atoms with Crippen LogP contribution in [0.5, 0.6) is 11.5 Å². The van der Waals surface area contributed by atoms with E-state index in [9.17, 15) is 0 Å². The Morgan fingerprint density at radius 3 is 2.54 bits per heavy atom. The highest BCUT2D eigenvalue weighted by molar-refractivity contribution is 5.58. The third kappa shape index (κ3) is 4.03. The SMILES string of the molecule is Cc1noc(C)c1CN(CC=Cc1ccccc1)c1ccc2c(c1)OCCO2. The minimum Gasteiger partial charge on any atom is -0.486 e. The van der Waals surface area contributed by atoms with Gasteiger partial charge in [0.25, 0.3) is 0 Å². The Bertz CT molecular complexity index is 944. The molecule has 0 saturated heterocycles. The van der Waals surface area contributed by atoms with Gasteiger partial charge in [-0.3, -0.25) is 0 Å². The number of aryl methyl sites for hydroxylation is 2. The second kappa shape index (κ2) is 8.21. The molecule has 0 spiro atoms. The van der Waals surface area contributed by atoms with Gasteiger partial charge >= 0.3 is 0 Å². The number of hydrogen-bond donors (Lipinski definition) is 0. The Morgan fingerprint density at radius 1 is 1.00 bits per heavy atom. The highest BCUT2D eigenvalue weighted by atomic mass is 16.6. The standard InChI is InChI=1S/C23H24N2O3/c1-17-21(18(2)28-24-17)16-25(12-6-9-19-7-4-3-5-8-19)20-10-11-22-23(15-20)27-14-13-26-22/h3-11,15H,12-14,16H2,1-2H3. The Labute approximate surface area is 165 Å². The molecular weight excluding hydrogens is 352 g/mol. The zero-order valence-corrected chi connectivity index (χ0v) is 16.2. The summed E-state index contributed by atoms with van der Waals surface area (Å²) >= 11 is 0. The van der Waals surface area contributed by atoms with Crippen LogP contribution >= 0.6 is 0 Å². The normalized spacial score (nSPS) is 13.1. The van der Waals surface area contributed by atoms with Crippen LogP contribution in [0.4, 0.5) is 5.69 Å². The lowest BCUT2D eigenvalue weighted by molar-refractivity contribution is 0.171. The molecular formula is C23H24N2O3. The molecule has 2 heterocycles. The first kappa shape index (κ1) is 18.2. The number of aromatic nitrogens is 1. The van der Waals surface area contributed by atoms with Gasteiger partial charge in [-0.1, -0.05) is 47.6 Å². The number of rotatable bonds is 6. The van der Waals surface area contributed by atoms with Gasteiger partial charge in [0.2, 0.25) is 0 Å². The second-order valence-corrected chi connectivity index (χ2v) is 6.82. The average Bonchev–Trinajstić information content (AvgIpc) is 3.05. The van der Waals surface area contributed by atoms with Crippen LogP contribution in [-0.4, -0.2) is 24.9 Å². The van der Waals surface area contributed by atoms with Gasteiger partial charge < -0.3 is 18.9 Å². The van der Waals surface area contributed by atoms with E-state index < -0.39 is 0 Å². The molecule has 0 atom stereocenters. The van der Waals surface area contributed by atoms with Crippen molar-refractivity contribution in [3.8, 4) is 11.5 Å². The van der Waals surface area contributed by atoms with Crippen LogP contribution in [0.2, 0.25) is 0 Å². The Kier molecular flexibility index (Phi) is 5.33. The fourth-order valence-electron chi connectivity index (χ4n) is 3.29. The van der Waals surface area contributed by atoms with Crippen LogP contribution in [0.25, 0.3) is 6.08 Å². The van der Waals surface area contributed by atoms with Gasteiger partial charge in [-0.2, -0.15) is 0 Å². The maximum atomic E-state index is 5.77. The quantitative estimate of drug-likeness (QED) is 0.619. The topological polar surface area (TPSA) is 47.7 Å². The first-order chi connectivity index (χ1) is 13.7. The summed E-state index contributed by atoms with van der Waals surface area (Å²) in [5.41, 5.74) is 4.29. The molecule has 3 aromatic rings. The highest BCUT2D eigenvalue weighted by Crippen LogP contribution is 2.34. The zero-order chi connectivity index (χ0) is 19.3. The molecule has 0 N–H and O–H groups in total. The minimum absolute atomic E-state index is 0.578. The number of fused-ring (bicyclic) bond motifs is 1. The second-order valence-electron chi connectivity index (χ2n) is 6.82. The lowest BCUT2D eigenvalue weighted by Crippen LogP contribution is -2.24. The van der Waals surface area contributed by atoms with E-state index in [0.29, 0.717) is 19.8 Å².